The lowest BCUT2D eigenvalue weighted by Crippen LogP contribution is -2.12. The third kappa shape index (κ3) is 4.57. The first-order valence-electron chi connectivity index (χ1n) is 8.66. The van der Waals surface area contributed by atoms with Gasteiger partial charge in [0.15, 0.2) is 0 Å². The maximum Gasteiger partial charge on any atom is 0.265 e. The number of nitrogens with one attached hydrogen (secondary N) is 2. The van der Waals surface area contributed by atoms with Crippen molar-refractivity contribution in [2.75, 3.05) is 17.7 Å². The van der Waals surface area contributed by atoms with Crippen LogP contribution in [0.5, 0.6) is 5.75 Å². The van der Waals surface area contributed by atoms with Crippen molar-refractivity contribution >= 4 is 34.5 Å². The predicted octanol–water partition coefficient (Wildman–Crippen LogP) is 4.03. The highest BCUT2D eigenvalue weighted by Crippen LogP contribution is 2.24. The van der Waals surface area contributed by atoms with E-state index in [1.807, 2.05) is 25.1 Å². The van der Waals surface area contributed by atoms with Gasteiger partial charge in [-0.3, -0.25) is 9.59 Å². The monoisotopic (exact) mass is 395 g/mol. The molecule has 0 aliphatic heterocycles. The Morgan fingerprint density at radius 3 is 2.18 bits per heavy atom. The molecule has 3 rings (SSSR count). The molecule has 0 atom stereocenters. The fraction of sp³-hybridized carbons (Fsp3) is 0.143. The average Bonchev–Trinajstić information content (AvgIpc) is 3.20. The molecule has 0 spiro atoms. The lowest BCUT2D eigenvalue weighted by Gasteiger charge is -2.09. The molecule has 0 saturated carbocycles. The van der Waals surface area contributed by atoms with Crippen LogP contribution in [-0.4, -0.2) is 18.9 Å². The Balaban J connectivity index is 1.66. The summed E-state index contributed by atoms with van der Waals surface area (Å²) in [6.45, 7) is 2.34. The molecule has 1 heterocycles. The Kier molecular flexibility index (Phi) is 6.08. The molecule has 2 aromatic carbocycles. The Morgan fingerprint density at radius 1 is 0.964 bits per heavy atom. The van der Waals surface area contributed by atoms with Crippen LogP contribution in [0.4, 0.5) is 11.4 Å². The second-order valence-corrected chi connectivity index (χ2v) is 7.24. The van der Waals surface area contributed by atoms with E-state index in [0.29, 0.717) is 27.7 Å². The van der Waals surface area contributed by atoms with E-state index in [4.69, 9.17) is 10.5 Å². The van der Waals surface area contributed by atoms with E-state index in [0.717, 1.165) is 28.2 Å². The number of benzene rings is 2. The zero-order valence-corrected chi connectivity index (χ0v) is 16.4. The molecule has 6 nitrogen and oxygen atoms in total. The molecule has 0 bridgehead atoms. The van der Waals surface area contributed by atoms with Crippen molar-refractivity contribution in [1.82, 2.24) is 0 Å². The minimum absolute atomic E-state index is 0.259. The van der Waals surface area contributed by atoms with E-state index in [-0.39, 0.29) is 11.8 Å². The molecule has 28 heavy (non-hydrogen) atoms. The van der Waals surface area contributed by atoms with Crippen molar-refractivity contribution in [2.45, 2.75) is 13.5 Å². The Labute approximate surface area is 167 Å². The number of aryl methyl sites for hydroxylation is 1. The molecular weight excluding hydrogens is 374 g/mol. The molecule has 0 aliphatic carbocycles. The third-order valence-corrected chi connectivity index (χ3v) is 5.27. The summed E-state index contributed by atoms with van der Waals surface area (Å²) in [5.74, 6) is 0.208. The molecule has 1 aromatic heterocycles. The number of nitrogens with two attached hydrogens (primary N) is 1. The zero-order chi connectivity index (χ0) is 20.1. The van der Waals surface area contributed by atoms with Crippen molar-refractivity contribution in [3.8, 4) is 5.75 Å². The molecule has 144 valence electrons. The first-order valence-corrected chi connectivity index (χ1v) is 9.48. The summed E-state index contributed by atoms with van der Waals surface area (Å²) in [6, 6.07) is 16.0. The van der Waals surface area contributed by atoms with Crippen LogP contribution in [0.2, 0.25) is 0 Å². The van der Waals surface area contributed by atoms with Crippen LogP contribution in [0, 0.1) is 6.92 Å². The van der Waals surface area contributed by atoms with Gasteiger partial charge in [0.05, 0.1) is 16.9 Å². The van der Waals surface area contributed by atoms with E-state index in [9.17, 15) is 9.59 Å². The van der Waals surface area contributed by atoms with E-state index in [1.165, 1.54) is 0 Å². The average molecular weight is 395 g/mol. The van der Waals surface area contributed by atoms with Crippen molar-refractivity contribution in [1.29, 1.82) is 0 Å². The number of methoxy groups -OCH3 is 1. The molecular formula is C21H21N3O3S. The highest BCUT2D eigenvalue weighted by Gasteiger charge is 2.15. The molecule has 3 aromatic rings. The highest BCUT2D eigenvalue weighted by atomic mass is 32.1. The zero-order valence-electron chi connectivity index (χ0n) is 15.6. The van der Waals surface area contributed by atoms with E-state index >= 15 is 0 Å². The predicted molar refractivity (Wildman–Crippen MR) is 112 cm³/mol. The number of ether oxygens (including phenoxy) is 1. The van der Waals surface area contributed by atoms with Gasteiger partial charge in [-0.1, -0.05) is 12.1 Å². The van der Waals surface area contributed by atoms with Gasteiger partial charge >= 0.3 is 0 Å². The smallest absolute Gasteiger partial charge is 0.265 e. The van der Waals surface area contributed by atoms with Crippen molar-refractivity contribution in [3.63, 3.8) is 0 Å². The summed E-state index contributed by atoms with van der Waals surface area (Å²) in [5.41, 5.74) is 8.83. The van der Waals surface area contributed by atoms with Crippen molar-refractivity contribution in [2.24, 2.45) is 5.73 Å². The normalized spacial score (nSPS) is 10.4. The second-order valence-electron chi connectivity index (χ2n) is 6.15. The summed E-state index contributed by atoms with van der Waals surface area (Å²) < 4.78 is 5.17. The van der Waals surface area contributed by atoms with Crippen LogP contribution in [0.15, 0.2) is 54.6 Å². The Hall–Kier alpha value is -3.16. The fourth-order valence-electron chi connectivity index (χ4n) is 2.59. The standard InChI is InChI=1S/C21H21N3O3S/c1-13-11-16(27-2)7-8-17(13)24-21(26)19-10-9-18(28-19)20(25)23-15-5-3-14(12-22)4-6-15/h3-11H,12,22H2,1-2H3,(H,23,25)(H,24,26). The summed E-state index contributed by atoms with van der Waals surface area (Å²) in [5, 5.41) is 5.68. The number of carbonyl (C=O) groups excluding carboxylic acids is 2. The summed E-state index contributed by atoms with van der Waals surface area (Å²) in [4.78, 5) is 25.8. The lowest BCUT2D eigenvalue weighted by molar-refractivity contribution is 0.102. The SMILES string of the molecule is COc1ccc(NC(=O)c2ccc(C(=O)Nc3ccc(CN)cc3)s2)c(C)c1. The maximum atomic E-state index is 12.5. The van der Waals surface area contributed by atoms with Crippen LogP contribution in [0.1, 0.15) is 30.5 Å². The minimum Gasteiger partial charge on any atom is -0.497 e. The quantitative estimate of drug-likeness (QED) is 0.587. The van der Waals surface area contributed by atoms with Crippen LogP contribution in [0.3, 0.4) is 0 Å². The Bertz CT molecular complexity index is 996. The lowest BCUT2D eigenvalue weighted by atomic mass is 10.2. The van der Waals surface area contributed by atoms with E-state index in [2.05, 4.69) is 10.6 Å². The topological polar surface area (TPSA) is 93.4 Å². The van der Waals surface area contributed by atoms with E-state index < -0.39 is 0 Å². The van der Waals surface area contributed by atoms with Gasteiger partial charge in [-0.05, 0) is 60.5 Å². The molecule has 0 unspecified atom stereocenters. The first-order chi connectivity index (χ1) is 13.5. The molecule has 7 heteroatoms. The van der Waals surface area contributed by atoms with Gasteiger partial charge in [-0.25, -0.2) is 0 Å². The van der Waals surface area contributed by atoms with E-state index in [1.54, 1.807) is 43.5 Å². The van der Waals surface area contributed by atoms with Gasteiger partial charge in [0.2, 0.25) is 0 Å². The van der Waals surface area contributed by atoms with Gasteiger partial charge in [0.25, 0.3) is 11.8 Å². The van der Waals surface area contributed by atoms with Crippen LogP contribution in [-0.2, 0) is 6.54 Å². The highest BCUT2D eigenvalue weighted by molar-refractivity contribution is 7.16. The number of carbonyl (C=O) groups is 2. The Morgan fingerprint density at radius 2 is 1.61 bits per heavy atom. The van der Waals surface area contributed by atoms with Gasteiger partial charge in [-0.15, -0.1) is 11.3 Å². The molecule has 4 N–H and O–H groups in total. The number of rotatable bonds is 6. The minimum atomic E-state index is -0.260. The number of hydrogen-bond acceptors (Lipinski definition) is 5. The fourth-order valence-corrected chi connectivity index (χ4v) is 3.38. The van der Waals surface area contributed by atoms with Gasteiger partial charge in [0, 0.05) is 17.9 Å². The largest absolute Gasteiger partial charge is 0.497 e. The number of amides is 2. The number of hydrogen-bond donors (Lipinski definition) is 3. The van der Waals surface area contributed by atoms with Gasteiger partial charge < -0.3 is 21.1 Å². The molecule has 2 amide bonds. The first kappa shape index (κ1) is 19.6. The molecule has 0 radical (unpaired) electrons. The van der Waals surface area contributed by atoms with Crippen molar-refractivity contribution < 1.29 is 14.3 Å². The number of anilines is 2. The summed E-state index contributed by atoms with van der Waals surface area (Å²) in [6.07, 6.45) is 0. The molecule has 0 aliphatic rings. The maximum absolute atomic E-state index is 12.5. The molecule has 0 saturated heterocycles. The van der Waals surface area contributed by atoms with Gasteiger partial charge in [-0.2, -0.15) is 0 Å². The van der Waals surface area contributed by atoms with Crippen LogP contribution < -0.4 is 21.1 Å². The summed E-state index contributed by atoms with van der Waals surface area (Å²) >= 11 is 1.14. The third-order valence-electron chi connectivity index (χ3n) is 4.18. The summed E-state index contributed by atoms with van der Waals surface area (Å²) in [7, 11) is 1.60. The number of thiophene rings is 1. The van der Waals surface area contributed by atoms with Crippen LogP contribution >= 0.6 is 11.3 Å². The van der Waals surface area contributed by atoms with Gasteiger partial charge in [0.1, 0.15) is 5.75 Å². The molecule has 0 fully saturated rings. The second kappa shape index (κ2) is 8.69. The van der Waals surface area contributed by atoms with Crippen molar-refractivity contribution in [3.05, 3.63) is 75.5 Å². The van der Waals surface area contributed by atoms with Crippen LogP contribution in [0.25, 0.3) is 0 Å².